The van der Waals surface area contributed by atoms with E-state index in [2.05, 4.69) is 37.9 Å². The molecular formula is C19H21NO2. The summed E-state index contributed by atoms with van der Waals surface area (Å²) in [5.74, 6) is 1.60. The molecule has 1 heterocycles. The molecule has 0 fully saturated rings. The molecule has 0 aliphatic heterocycles. The first-order valence-electron chi connectivity index (χ1n) is 7.48. The maximum absolute atomic E-state index is 5.85. The van der Waals surface area contributed by atoms with E-state index in [1.807, 2.05) is 30.3 Å². The van der Waals surface area contributed by atoms with Gasteiger partial charge in [0.05, 0.1) is 7.11 Å². The molecule has 22 heavy (non-hydrogen) atoms. The van der Waals surface area contributed by atoms with Crippen molar-refractivity contribution in [3.8, 4) is 5.75 Å². The third-order valence-corrected chi connectivity index (χ3v) is 3.81. The largest absolute Gasteiger partial charge is 0.497 e. The Labute approximate surface area is 130 Å². The summed E-state index contributed by atoms with van der Waals surface area (Å²) in [6.45, 7) is 6.60. The SMILES string of the molecule is COc1ccc(Cc2nc3cc(C(C)(C)C)ccc3o2)cc1. The first-order chi connectivity index (χ1) is 10.5. The van der Waals surface area contributed by atoms with Gasteiger partial charge < -0.3 is 9.15 Å². The van der Waals surface area contributed by atoms with Crippen LogP contribution in [0.5, 0.6) is 5.75 Å². The Bertz CT molecular complexity index is 779. The van der Waals surface area contributed by atoms with Gasteiger partial charge in [-0.2, -0.15) is 0 Å². The Morgan fingerprint density at radius 3 is 2.41 bits per heavy atom. The van der Waals surface area contributed by atoms with Crippen molar-refractivity contribution >= 4 is 11.1 Å². The summed E-state index contributed by atoms with van der Waals surface area (Å²) >= 11 is 0. The topological polar surface area (TPSA) is 35.3 Å². The van der Waals surface area contributed by atoms with Crippen LogP contribution in [-0.2, 0) is 11.8 Å². The highest BCUT2D eigenvalue weighted by Crippen LogP contribution is 2.27. The molecule has 0 aliphatic carbocycles. The zero-order valence-corrected chi connectivity index (χ0v) is 13.5. The quantitative estimate of drug-likeness (QED) is 0.701. The molecule has 0 saturated carbocycles. The first kappa shape index (κ1) is 14.6. The van der Waals surface area contributed by atoms with E-state index in [1.165, 1.54) is 5.56 Å². The molecule has 0 atom stereocenters. The summed E-state index contributed by atoms with van der Waals surface area (Å²) in [4.78, 5) is 4.63. The third kappa shape index (κ3) is 2.98. The van der Waals surface area contributed by atoms with Crippen molar-refractivity contribution in [2.75, 3.05) is 7.11 Å². The second-order valence-electron chi connectivity index (χ2n) is 6.56. The predicted molar refractivity (Wildman–Crippen MR) is 88.5 cm³/mol. The molecule has 0 amide bonds. The number of methoxy groups -OCH3 is 1. The predicted octanol–water partition coefficient (Wildman–Crippen LogP) is 4.72. The molecule has 3 aromatic rings. The van der Waals surface area contributed by atoms with Crippen molar-refractivity contribution in [2.24, 2.45) is 0 Å². The average Bonchev–Trinajstić information content (AvgIpc) is 2.88. The Morgan fingerprint density at radius 2 is 1.77 bits per heavy atom. The number of nitrogens with zero attached hydrogens (tertiary/aromatic N) is 1. The lowest BCUT2D eigenvalue weighted by molar-refractivity contribution is 0.414. The molecule has 0 spiro atoms. The van der Waals surface area contributed by atoms with E-state index < -0.39 is 0 Å². The number of ether oxygens (including phenoxy) is 1. The Kier molecular flexibility index (Phi) is 3.65. The number of fused-ring (bicyclic) bond motifs is 1. The van der Waals surface area contributed by atoms with Gasteiger partial charge >= 0.3 is 0 Å². The van der Waals surface area contributed by atoms with Crippen LogP contribution in [0.3, 0.4) is 0 Å². The molecule has 0 bridgehead atoms. The van der Waals surface area contributed by atoms with Gasteiger partial charge in [0, 0.05) is 6.42 Å². The minimum Gasteiger partial charge on any atom is -0.497 e. The van der Waals surface area contributed by atoms with Crippen molar-refractivity contribution < 1.29 is 9.15 Å². The second-order valence-corrected chi connectivity index (χ2v) is 6.56. The first-order valence-corrected chi connectivity index (χ1v) is 7.48. The molecular weight excluding hydrogens is 274 g/mol. The number of benzene rings is 2. The molecule has 1 aromatic heterocycles. The minimum atomic E-state index is 0.114. The fraction of sp³-hybridized carbons (Fsp3) is 0.316. The van der Waals surface area contributed by atoms with Crippen LogP contribution in [0.2, 0.25) is 0 Å². The minimum absolute atomic E-state index is 0.114. The average molecular weight is 295 g/mol. The Morgan fingerprint density at radius 1 is 1.05 bits per heavy atom. The van der Waals surface area contributed by atoms with Gasteiger partial charge in [-0.25, -0.2) is 4.98 Å². The van der Waals surface area contributed by atoms with E-state index in [1.54, 1.807) is 7.11 Å². The van der Waals surface area contributed by atoms with Gasteiger partial charge in [-0.1, -0.05) is 39.0 Å². The molecule has 3 rings (SSSR count). The summed E-state index contributed by atoms with van der Waals surface area (Å²) in [5, 5.41) is 0. The van der Waals surface area contributed by atoms with Crippen molar-refractivity contribution in [3.05, 3.63) is 59.5 Å². The summed E-state index contributed by atoms with van der Waals surface area (Å²) in [7, 11) is 1.67. The van der Waals surface area contributed by atoms with Gasteiger partial charge in [0.2, 0.25) is 0 Å². The van der Waals surface area contributed by atoms with Crippen molar-refractivity contribution in [1.29, 1.82) is 0 Å². The van der Waals surface area contributed by atoms with E-state index in [0.717, 1.165) is 28.3 Å². The number of rotatable bonds is 3. The van der Waals surface area contributed by atoms with Crippen LogP contribution in [0.1, 0.15) is 37.8 Å². The van der Waals surface area contributed by atoms with Gasteiger partial charge in [0.15, 0.2) is 11.5 Å². The van der Waals surface area contributed by atoms with E-state index in [-0.39, 0.29) is 5.41 Å². The van der Waals surface area contributed by atoms with Crippen molar-refractivity contribution in [1.82, 2.24) is 4.98 Å². The molecule has 114 valence electrons. The molecule has 0 N–H and O–H groups in total. The fourth-order valence-corrected chi connectivity index (χ4v) is 2.44. The van der Waals surface area contributed by atoms with Gasteiger partial charge in [-0.3, -0.25) is 0 Å². The molecule has 3 nitrogen and oxygen atoms in total. The maximum atomic E-state index is 5.85. The highest BCUT2D eigenvalue weighted by molar-refractivity contribution is 5.73. The number of hydrogen-bond acceptors (Lipinski definition) is 3. The molecule has 0 unspecified atom stereocenters. The van der Waals surface area contributed by atoms with Gasteiger partial charge in [0.25, 0.3) is 0 Å². The molecule has 0 aliphatic rings. The van der Waals surface area contributed by atoms with Gasteiger partial charge in [0.1, 0.15) is 11.3 Å². The normalized spacial score (nSPS) is 11.8. The summed E-state index contributed by atoms with van der Waals surface area (Å²) in [6, 6.07) is 14.2. The third-order valence-electron chi connectivity index (χ3n) is 3.81. The lowest BCUT2D eigenvalue weighted by Crippen LogP contribution is -2.10. The lowest BCUT2D eigenvalue weighted by atomic mass is 9.87. The smallest absolute Gasteiger partial charge is 0.199 e. The van der Waals surface area contributed by atoms with E-state index in [4.69, 9.17) is 9.15 Å². The van der Waals surface area contributed by atoms with Crippen LogP contribution in [0.4, 0.5) is 0 Å². The zero-order valence-electron chi connectivity index (χ0n) is 13.5. The monoisotopic (exact) mass is 295 g/mol. The van der Waals surface area contributed by atoms with Gasteiger partial charge in [-0.05, 0) is 40.8 Å². The van der Waals surface area contributed by atoms with Crippen LogP contribution in [0, 0.1) is 0 Å². The molecule has 0 saturated heterocycles. The summed E-state index contributed by atoms with van der Waals surface area (Å²) < 4.78 is 11.0. The van der Waals surface area contributed by atoms with Crippen LogP contribution in [-0.4, -0.2) is 12.1 Å². The Balaban J connectivity index is 1.88. The lowest BCUT2D eigenvalue weighted by Gasteiger charge is -2.18. The van der Waals surface area contributed by atoms with E-state index in [0.29, 0.717) is 6.42 Å². The zero-order chi connectivity index (χ0) is 15.7. The fourth-order valence-electron chi connectivity index (χ4n) is 2.44. The number of aromatic nitrogens is 1. The number of hydrogen-bond donors (Lipinski definition) is 0. The van der Waals surface area contributed by atoms with Crippen LogP contribution < -0.4 is 4.74 Å². The van der Waals surface area contributed by atoms with E-state index >= 15 is 0 Å². The maximum Gasteiger partial charge on any atom is 0.199 e. The van der Waals surface area contributed by atoms with Crippen LogP contribution in [0.25, 0.3) is 11.1 Å². The molecule has 3 heteroatoms. The summed E-state index contributed by atoms with van der Waals surface area (Å²) in [6.07, 6.45) is 0.684. The van der Waals surface area contributed by atoms with E-state index in [9.17, 15) is 0 Å². The number of oxazole rings is 1. The standard InChI is InChI=1S/C19H21NO2/c1-19(2,3)14-7-10-17-16(12-14)20-18(22-17)11-13-5-8-15(21-4)9-6-13/h5-10,12H,11H2,1-4H3. The molecule has 2 aromatic carbocycles. The molecule has 0 radical (unpaired) electrons. The van der Waals surface area contributed by atoms with Crippen LogP contribution in [0.15, 0.2) is 46.9 Å². The van der Waals surface area contributed by atoms with Crippen molar-refractivity contribution in [3.63, 3.8) is 0 Å². The highest BCUT2D eigenvalue weighted by Gasteiger charge is 2.15. The van der Waals surface area contributed by atoms with Gasteiger partial charge in [-0.15, -0.1) is 0 Å². The second kappa shape index (κ2) is 5.48. The highest BCUT2D eigenvalue weighted by atomic mass is 16.5. The summed E-state index contributed by atoms with van der Waals surface area (Å²) in [5.41, 5.74) is 4.31. The Hall–Kier alpha value is -2.29. The van der Waals surface area contributed by atoms with Crippen LogP contribution >= 0.6 is 0 Å². The van der Waals surface area contributed by atoms with Crippen molar-refractivity contribution in [2.45, 2.75) is 32.6 Å².